The highest BCUT2D eigenvalue weighted by atomic mass is 35.5. The molecule has 12 heteroatoms. The van der Waals surface area contributed by atoms with Gasteiger partial charge in [-0.2, -0.15) is 5.26 Å². The van der Waals surface area contributed by atoms with Crippen molar-refractivity contribution in [2.24, 2.45) is 0 Å². The SMILES string of the molecule is CS(=O)(=O)Nc1nccc(COc2ccc3c(ccn3-c3cc(Cl)c(OCCCl)c(C#N)c3)c2)n1. The van der Waals surface area contributed by atoms with Crippen molar-refractivity contribution in [3.05, 3.63) is 71.1 Å². The molecular formula is C23H19Cl2N5O4S. The van der Waals surface area contributed by atoms with Crippen LogP contribution in [0, 0.1) is 11.3 Å². The maximum Gasteiger partial charge on any atom is 0.236 e. The highest BCUT2D eigenvalue weighted by molar-refractivity contribution is 7.91. The van der Waals surface area contributed by atoms with Gasteiger partial charge in [-0.15, -0.1) is 11.6 Å². The minimum absolute atomic E-state index is 0.0180. The predicted octanol–water partition coefficient (Wildman–Crippen LogP) is 4.51. The van der Waals surface area contributed by atoms with E-state index in [2.05, 4.69) is 20.8 Å². The van der Waals surface area contributed by atoms with Crippen LogP contribution >= 0.6 is 23.2 Å². The smallest absolute Gasteiger partial charge is 0.236 e. The first-order chi connectivity index (χ1) is 16.8. The van der Waals surface area contributed by atoms with E-state index in [9.17, 15) is 13.7 Å². The molecule has 0 aliphatic carbocycles. The predicted molar refractivity (Wildman–Crippen MR) is 134 cm³/mol. The van der Waals surface area contributed by atoms with Crippen molar-refractivity contribution in [2.75, 3.05) is 23.5 Å². The number of halogens is 2. The Hall–Kier alpha value is -3.52. The summed E-state index contributed by atoms with van der Waals surface area (Å²) in [5.74, 6) is 1.18. The second-order valence-corrected chi connectivity index (χ2v) is 9.93. The van der Waals surface area contributed by atoms with E-state index in [0.717, 1.165) is 17.2 Å². The van der Waals surface area contributed by atoms with Gasteiger partial charge in [-0.3, -0.25) is 4.72 Å². The molecule has 0 saturated carbocycles. The van der Waals surface area contributed by atoms with Crippen LogP contribution in [0.15, 0.2) is 54.9 Å². The monoisotopic (exact) mass is 531 g/mol. The average molecular weight is 532 g/mol. The Morgan fingerprint density at radius 1 is 1.17 bits per heavy atom. The Bertz CT molecular complexity index is 1530. The molecule has 0 aliphatic rings. The number of nitriles is 1. The number of nitrogens with one attached hydrogen (secondary N) is 1. The summed E-state index contributed by atoms with van der Waals surface area (Å²) in [5.41, 5.74) is 2.42. The van der Waals surface area contributed by atoms with Crippen molar-refractivity contribution in [1.82, 2.24) is 14.5 Å². The van der Waals surface area contributed by atoms with Gasteiger partial charge >= 0.3 is 0 Å². The number of hydrogen-bond acceptors (Lipinski definition) is 7. The Morgan fingerprint density at radius 2 is 2.00 bits per heavy atom. The molecule has 0 saturated heterocycles. The second-order valence-electron chi connectivity index (χ2n) is 7.39. The lowest BCUT2D eigenvalue weighted by atomic mass is 10.2. The minimum atomic E-state index is -3.48. The Balaban J connectivity index is 1.55. The summed E-state index contributed by atoms with van der Waals surface area (Å²) in [5, 5.41) is 10.8. The van der Waals surface area contributed by atoms with Gasteiger partial charge < -0.3 is 14.0 Å². The van der Waals surface area contributed by atoms with E-state index in [-0.39, 0.29) is 25.0 Å². The first-order valence-corrected chi connectivity index (χ1v) is 13.0. The van der Waals surface area contributed by atoms with Gasteiger partial charge in [0.15, 0.2) is 5.75 Å². The lowest BCUT2D eigenvalue weighted by Crippen LogP contribution is -2.13. The Morgan fingerprint density at radius 3 is 2.74 bits per heavy atom. The molecule has 0 spiro atoms. The van der Waals surface area contributed by atoms with Crippen LogP contribution in [0.2, 0.25) is 5.02 Å². The number of anilines is 1. The van der Waals surface area contributed by atoms with Crippen LogP contribution in [0.5, 0.6) is 11.5 Å². The molecule has 0 atom stereocenters. The van der Waals surface area contributed by atoms with E-state index in [1.54, 1.807) is 24.3 Å². The van der Waals surface area contributed by atoms with Crippen LogP contribution in [-0.4, -0.2) is 41.7 Å². The van der Waals surface area contributed by atoms with Gasteiger partial charge in [0.25, 0.3) is 0 Å². The maximum atomic E-state index is 11.4. The van der Waals surface area contributed by atoms with Crippen molar-refractivity contribution < 1.29 is 17.9 Å². The standard InChI is InChI=1S/C23H19Cl2N5O4S/c1-35(31,32)29-23-27-7-4-17(28-23)14-34-19-2-3-21-15(11-19)5-8-30(21)18-10-16(13-26)22(20(25)12-18)33-9-6-24/h2-5,7-8,10-12H,6,9,14H2,1H3,(H,27,28,29). The number of aromatic nitrogens is 3. The van der Waals surface area contributed by atoms with Gasteiger partial charge in [0.1, 0.15) is 25.0 Å². The third-order valence-corrected chi connectivity index (χ3v) is 5.78. The molecule has 0 bridgehead atoms. The Kier molecular flexibility index (Phi) is 7.31. The van der Waals surface area contributed by atoms with Crippen molar-refractivity contribution in [3.63, 3.8) is 0 Å². The van der Waals surface area contributed by atoms with Crippen molar-refractivity contribution >= 4 is 50.1 Å². The quantitative estimate of drug-likeness (QED) is 0.315. The Labute approximate surface area is 211 Å². The number of fused-ring (bicyclic) bond motifs is 1. The van der Waals surface area contributed by atoms with Gasteiger partial charge in [-0.25, -0.2) is 18.4 Å². The molecular weight excluding hydrogens is 513 g/mol. The number of sulfonamides is 1. The molecule has 4 rings (SSSR count). The summed E-state index contributed by atoms with van der Waals surface area (Å²) in [6.07, 6.45) is 4.35. The fraction of sp³-hybridized carbons (Fsp3) is 0.174. The van der Waals surface area contributed by atoms with Crippen LogP contribution in [-0.2, 0) is 16.6 Å². The van der Waals surface area contributed by atoms with Crippen molar-refractivity contribution in [2.45, 2.75) is 6.61 Å². The molecule has 0 aliphatic heterocycles. The van der Waals surface area contributed by atoms with Crippen LogP contribution < -0.4 is 14.2 Å². The van der Waals surface area contributed by atoms with Crippen LogP contribution in [0.1, 0.15) is 11.3 Å². The third kappa shape index (κ3) is 5.95. The molecule has 35 heavy (non-hydrogen) atoms. The molecule has 2 heterocycles. The fourth-order valence-corrected chi connectivity index (χ4v) is 4.15. The van der Waals surface area contributed by atoms with E-state index in [1.165, 1.54) is 6.20 Å². The van der Waals surface area contributed by atoms with E-state index < -0.39 is 10.0 Å². The summed E-state index contributed by atoms with van der Waals surface area (Å²) >= 11 is 12.1. The summed E-state index contributed by atoms with van der Waals surface area (Å²) in [4.78, 5) is 8.03. The summed E-state index contributed by atoms with van der Waals surface area (Å²) in [7, 11) is -3.48. The average Bonchev–Trinajstić information content (AvgIpc) is 3.24. The number of rotatable bonds is 9. The highest BCUT2D eigenvalue weighted by Gasteiger charge is 2.14. The van der Waals surface area contributed by atoms with Crippen LogP contribution in [0.4, 0.5) is 5.95 Å². The van der Waals surface area contributed by atoms with Gasteiger partial charge in [-0.05, 0) is 42.5 Å². The number of hydrogen-bond donors (Lipinski definition) is 1. The normalized spacial score (nSPS) is 11.3. The van der Waals surface area contributed by atoms with E-state index in [1.807, 2.05) is 29.0 Å². The topological polar surface area (TPSA) is 119 Å². The molecule has 2 aromatic carbocycles. The molecule has 180 valence electrons. The van der Waals surface area contributed by atoms with E-state index >= 15 is 0 Å². The van der Waals surface area contributed by atoms with Crippen LogP contribution in [0.3, 0.4) is 0 Å². The van der Waals surface area contributed by atoms with Gasteiger partial charge in [0.05, 0.1) is 33.9 Å². The largest absolute Gasteiger partial charge is 0.489 e. The molecule has 0 amide bonds. The molecule has 9 nitrogen and oxygen atoms in total. The second kappa shape index (κ2) is 10.4. The minimum Gasteiger partial charge on any atom is -0.489 e. The zero-order valence-electron chi connectivity index (χ0n) is 18.4. The number of ether oxygens (including phenoxy) is 2. The summed E-state index contributed by atoms with van der Waals surface area (Å²) in [6.45, 7) is 0.368. The molecule has 0 radical (unpaired) electrons. The van der Waals surface area contributed by atoms with Crippen molar-refractivity contribution in [3.8, 4) is 23.3 Å². The van der Waals surface area contributed by atoms with Crippen molar-refractivity contribution in [1.29, 1.82) is 5.26 Å². The van der Waals surface area contributed by atoms with Gasteiger partial charge in [-0.1, -0.05) is 11.6 Å². The first kappa shape index (κ1) is 24.6. The lowest BCUT2D eigenvalue weighted by Gasteiger charge is -2.12. The lowest BCUT2D eigenvalue weighted by molar-refractivity contribution is 0.301. The van der Waals surface area contributed by atoms with Gasteiger partial charge in [0.2, 0.25) is 16.0 Å². The molecule has 4 aromatic rings. The zero-order chi connectivity index (χ0) is 25.0. The third-order valence-electron chi connectivity index (χ3n) is 4.79. The van der Waals surface area contributed by atoms with Gasteiger partial charge in [0, 0.05) is 23.5 Å². The summed E-state index contributed by atoms with van der Waals surface area (Å²) in [6, 6.07) is 14.7. The molecule has 0 fully saturated rings. The maximum absolute atomic E-state index is 11.4. The number of alkyl halides is 1. The van der Waals surface area contributed by atoms with E-state index in [0.29, 0.717) is 33.5 Å². The first-order valence-electron chi connectivity index (χ1n) is 10.2. The molecule has 0 unspecified atom stereocenters. The van der Waals surface area contributed by atoms with E-state index in [4.69, 9.17) is 32.7 Å². The molecule has 1 N–H and O–H groups in total. The zero-order valence-corrected chi connectivity index (χ0v) is 20.7. The number of benzene rings is 2. The fourth-order valence-electron chi connectivity index (χ4n) is 3.37. The highest BCUT2D eigenvalue weighted by Crippen LogP contribution is 2.33. The summed E-state index contributed by atoms with van der Waals surface area (Å²) < 4.78 is 38.3. The number of nitrogens with zero attached hydrogens (tertiary/aromatic N) is 4. The molecule has 2 aromatic heterocycles. The van der Waals surface area contributed by atoms with Crippen LogP contribution in [0.25, 0.3) is 16.6 Å².